The van der Waals surface area contributed by atoms with Crippen LogP contribution in [0.15, 0.2) is 18.7 Å². The minimum absolute atomic E-state index is 0.0256. The summed E-state index contributed by atoms with van der Waals surface area (Å²) in [6, 6.07) is 0. The monoisotopic (exact) mass is 196 g/mol. The summed E-state index contributed by atoms with van der Waals surface area (Å²) in [5, 5.41) is 0. The number of rotatable bonds is 4. The third-order valence-corrected chi connectivity index (χ3v) is 2.56. The zero-order valence-corrected chi connectivity index (χ0v) is 8.43. The Morgan fingerprint density at radius 3 is 2.86 bits per heavy atom. The van der Waals surface area contributed by atoms with Gasteiger partial charge in [-0.05, 0) is 6.42 Å². The molecule has 1 fully saturated rings. The fourth-order valence-electron chi connectivity index (χ4n) is 1.72. The SMILES string of the molecule is CCC(Cn1ccnc1)C1OCCO1. The van der Waals surface area contributed by atoms with E-state index in [1.807, 2.05) is 12.5 Å². The fraction of sp³-hybridized carbons (Fsp3) is 0.700. The highest BCUT2D eigenvalue weighted by atomic mass is 16.7. The summed E-state index contributed by atoms with van der Waals surface area (Å²) in [4.78, 5) is 4.02. The average Bonchev–Trinajstić information content (AvgIpc) is 2.86. The van der Waals surface area contributed by atoms with E-state index in [1.54, 1.807) is 6.20 Å². The first-order chi connectivity index (χ1) is 6.90. The summed E-state index contributed by atoms with van der Waals surface area (Å²) in [5.41, 5.74) is 0. The van der Waals surface area contributed by atoms with Gasteiger partial charge in [0.25, 0.3) is 0 Å². The van der Waals surface area contributed by atoms with Crippen molar-refractivity contribution in [2.75, 3.05) is 13.2 Å². The van der Waals surface area contributed by atoms with Crippen LogP contribution >= 0.6 is 0 Å². The van der Waals surface area contributed by atoms with E-state index in [9.17, 15) is 0 Å². The van der Waals surface area contributed by atoms with Gasteiger partial charge in [0.2, 0.25) is 0 Å². The van der Waals surface area contributed by atoms with E-state index in [-0.39, 0.29) is 6.29 Å². The largest absolute Gasteiger partial charge is 0.350 e. The van der Waals surface area contributed by atoms with Crippen molar-refractivity contribution < 1.29 is 9.47 Å². The number of imidazole rings is 1. The van der Waals surface area contributed by atoms with E-state index in [0.29, 0.717) is 5.92 Å². The maximum atomic E-state index is 5.50. The molecule has 1 aliphatic heterocycles. The molecule has 1 saturated heterocycles. The predicted octanol–water partition coefficient (Wildman–Crippen LogP) is 1.28. The molecule has 4 heteroatoms. The summed E-state index contributed by atoms with van der Waals surface area (Å²) in [5.74, 6) is 0.423. The van der Waals surface area contributed by atoms with Gasteiger partial charge in [-0.1, -0.05) is 6.92 Å². The molecule has 0 aromatic carbocycles. The molecule has 1 aromatic heterocycles. The van der Waals surface area contributed by atoms with Crippen molar-refractivity contribution >= 4 is 0 Å². The highest BCUT2D eigenvalue weighted by molar-refractivity contribution is 4.77. The van der Waals surface area contributed by atoms with Crippen LogP contribution in [0.2, 0.25) is 0 Å². The molecular formula is C10H16N2O2. The van der Waals surface area contributed by atoms with E-state index in [4.69, 9.17) is 9.47 Å². The predicted molar refractivity (Wildman–Crippen MR) is 51.7 cm³/mol. The Morgan fingerprint density at radius 2 is 2.29 bits per heavy atom. The quantitative estimate of drug-likeness (QED) is 0.728. The lowest BCUT2D eigenvalue weighted by molar-refractivity contribution is -0.0884. The molecule has 78 valence electrons. The van der Waals surface area contributed by atoms with Crippen LogP contribution in [-0.4, -0.2) is 29.1 Å². The molecule has 1 aliphatic rings. The van der Waals surface area contributed by atoms with Gasteiger partial charge >= 0.3 is 0 Å². The summed E-state index contributed by atoms with van der Waals surface area (Å²) >= 11 is 0. The summed E-state index contributed by atoms with van der Waals surface area (Å²) in [6.07, 6.45) is 6.63. The number of aromatic nitrogens is 2. The zero-order chi connectivity index (χ0) is 9.80. The van der Waals surface area contributed by atoms with Crippen molar-refractivity contribution in [3.05, 3.63) is 18.7 Å². The second kappa shape index (κ2) is 4.57. The lowest BCUT2D eigenvalue weighted by atomic mass is 10.1. The van der Waals surface area contributed by atoms with Gasteiger partial charge in [-0.2, -0.15) is 0 Å². The number of hydrogen-bond donors (Lipinski definition) is 0. The molecule has 2 rings (SSSR count). The lowest BCUT2D eigenvalue weighted by Gasteiger charge is -2.20. The highest BCUT2D eigenvalue weighted by Gasteiger charge is 2.25. The second-order valence-corrected chi connectivity index (χ2v) is 3.54. The van der Waals surface area contributed by atoms with Gasteiger partial charge in [0, 0.05) is 24.9 Å². The van der Waals surface area contributed by atoms with Crippen molar-refractivity contribution in [3.63, 3.8) is 0 Å². The van der Waals surface area contributed by atoms with Gasteiger partial charge in [-0.3, -0.25) is 0 Å². The van der Waals surface area contributed by atoms with Gasteiger partial charge in [-0.15, -0.1) is 0 Å². The summed E-state index contributed by atoms with van der Waals surface area (Å²) < 4.78 is 13.1. The molecule has 4 nitrogen and oxygen atoms in total. The first-order valence-electron chi connectivity index (χ1n) is 5.09. The summed E-state index contributed by atoms with van der Waals surface area (Å²) in [6.45, 7) is 4.53. The lowest BCUT2D eigenvalue weighted by Crippen LogP contribution is -2.25. The van der Waals surface area contributed by atoms with Crippen LogP contribution in [-0.2, 0) is 16.0 Å². The maximum absolute atomic E-state index is 5.50. The third-order valence-electron chi connectivity index (χ3n) is 2.56. The van der Waals surface area contributed by atoms with Gasteiger partial charge in [0.1, 0.15) is 0 Å². The van der Waals surface area contributed by atoms with Crippen molar-refractivity contribution in [1.82, 2.24) is 9.55 Å². The number of nitrogens with zero attached hydrogens (tertiary/aromatic N) is 2. The first-order valence-corrected chi connectivity index (χ1v) is 5.09. The van der Waals surface area contributed by atoms with Crippen molar-refractivity contribution in [2.24, 2.45) is 5.92 Å². The minimum atomic E-state index is -0.0256. The van der Waals surface area contributed by atoms with E-state index in [2.05, 4.69) is 16.5 Å². The van der Waals surface area contributed by atoms with E-state index in [1.165, 1.54) is 0 Å². The second-order valence-electron chi connectivity index (χ2n) is 3.54. The Labute approximate surface area is 83.8 Å². The first kappa shape index (κ1) is 9.68. The Morgan fingerprint density at radius 1 is 1.50 bits per heavy atom. The maximum Gasteiger partial charge on any atom is 0.162 e. The third kappa shape index (κ3) is 2.13. The molecule has 14 heavy (non-hydrogen) atoms. The van der Waals surface area contributed by atoms with Crippen molar-refractivity contribution in [1.29, 1.82) is 0 Å². The highest BCUT2D eigenvalue weighted by Crippen LogP contribution is 2.19. The zero-order valence-electron chi connectivity index (χ0n) is 8.43. The van der Waals surface area contributed by atoms with Crippen LogP contribution < -0.4 is 0 Å². The standard InChI is InChI=1S/C10H16N2O2/c1-2-9(10-13-5-6-14-10)7-12-4-3-11-8-12/h3-4,8-10H,2,5-7H2,1H3. The molecule has 1 aromatic rings. The molecule has 0 saturated carbocycles. The molecule has 1 atom stereocenters. The van der Waals surface area contributed by atoms with Crippen LogP contribution in [0.25, 0.3) is 0 Å². The van der Waals surface area contributed by atoms with E-state index >= 15 is 0 Å². The van der Waals surface area contributed by atoms with Gasteiger partial charge in [0.05, 0.1) is 19.5 Å². The molecule has 0 spiro atoms. The smallest absolute Gasteiger partial charge is 0.162 e. The molecule has 0 aliphatic carbocycles. The topological polar surface area (TPSA) is 36.3 Å². The Bertz CT molecular complexity index is 255. The summed E-state index contributed by atoms with van der Waals surface area (Å²) in [7, 11) is 0. The molecular weight excluding hydrogens is 180 g/mol. The molecule has 0 radical (unpaired) electrons. The van der Waals surface area contributed by atoms with Crippen LogP contribution in [0.1, 0.15) is 13.3 Å². The van der Waals surface area contributed by atoms with Crippen LogP contribution in [0, 0.1) is 5.92 Å². The molecule has 0 N–H and O–H groups in total. The fourth-order valence-corrected chi connectivity index (χ4v) is 1.72. The Balaban J connectivity index is 1.92. The normalized spacial score (nSPS) is 20.1. The van der Waals surface area contributed by atoms with E-state index < -0.39 is 0 Å². The van der Waals surface area contributed by atoms with Gasteiger partial charge in [0.15, 0.2) is 6.29 Å². The van der Waals surface area contributed by atoms with E-state index in [0.717, 1.165) is 26.2 Å². The Hall–Kier alpha value is -0.870. The average molecular weight is 196 g/mol. The van der Waals surface area contributed by atoms with Gasteiger partial charge < -0.3 is 14.0 Å². The number of ether oxygens (including phenoxy) is 2. The molecule has 0 amide bonds. The van der Waals surface area contributed by atoms with Crippen LogP contribution in [0.5, 0.6) is 0 Å². The Kier molecular flexibility index (Phi) is 3.16. The van der Waals surface area contributed by atoms with Crippen LogP contribution in [0.3, 0.4) is 0 Å². The van der Waals surface area contributed by atoms with Crippen molar-refractivity contribution in [2.45, 2.75) is 26.2 Å². The van der Waals surface area contributed by atoms with Crippen molar-refractivity contribution in [3.8, 4) is 0 Å². The van der Waals surface area contributed by atoms with Gasteiger partial charge in [-0.25, -0.2) is 4.98 Å². The minimum Gasteiger partial charge on any atom is -0.350 e. The molecule has 2 heterocycles. The van der Waals surface area contributed by atoms with Crippen LogP contribution in [0.4, 0.5) is 0 Å². The number of hydrogen-bond acceptors (Lipinski definition) is 3. The molecule has 0 bridgehead atoms. The molecule has 1 unspecified atom stereocenters.